The summed E-state index contributed by atoms with van der Waals surface area (Å²) in [6.07, 6.45) is 3.95. The first-order valence-corrected chi connectivity index (χ1v) is 7.46. The Labute approximate surface area is 130 Å². The van der Waals surface area contributed by atoms with E-state index in [9.17, 15) is 0 Å². The maximum absolute atomic E-state index is 5.98. The van der Waals surface area contributed by atoms with Gasteiger partial charge in [0.1, 0.15) is 11.0 Å². The number of pyridine rings is 2. The number of nitrogens with zero attached hydrogens (tertiary/aromatic N) is 3. The van der Waals surface area contributed by atoms with E-state index >= 15 is 0 Å². The third-order valence-electron chi connectivity index (χ3n) is 3.65. The smallest absolute Gasteiger partial charge is 0.138 e. The van der Waals surface area contributed by atoms with Gasteiger partial charge in [0.25, 0.3) is 0 Å². The van der Waals surface area contributed by atoms with Crippen LogP contribution < -0.4 is 4.90 Å². The van der Waals surface area contributed by atoms with Gasteiger partial charge in [0, 0.05) is 40.4 Å². The molecule has 0 saturated carbocycles. The van der Waals surface area contributed by atoms with Crippen LogP contribution in [0.5, 0.6) is 0 Å². The number of rotatable bonds is 2. The van der Waals surface area contributed by atoms with Crippen LogP contribution in [0.15, 0.2) is 18.5 Å². The summed E-state index contributed by atoms with van der Waals surface area (Å²) >= 11 is 8.25. The monoisotopic (exact) mass is 389 g/mol. The predicted octanol–water partition coefficient (Wildman–Crippen LogP) is 3.11. The maximum Gasteiger partial charge on any atom is 0.138 e. The number of fused-ring (bicyclic) bond motifs is 1. The molecular formula is C13H13ClIN3O. The number of methoxy groups -OCH3 is 1. The average Bonchev–Trinajstić information content (AvgIpc) is 2.40. The van der Waals surface area contributed by atoms with Gasteiger partial charge in [0.15, 0.2) is 0 Å². The van der Waals surface area contributed by atoms with Gasteiger partial charge in [0.2, 0.25) is 0 Å². The Kier molecular flexibility index (Phi) is 3.53. The topological polar surface area (TPSA) is 38.2 Å². The van der Waals surface area contributed by atoms with Crippen LogP contribution in [0.4, 0.5) is 5.82 Å². The molecule has 0 radical (unpaired) electrons. The van der Waals surface area contributed by atoms with Crippen molar-refractivity contribution in [3.05, 3.63) is 27.2 Å². The number of anilines is 1. The van der Waals surface area contributed by atoms with Crippen LogP contribution in [0, 0.1) is 3.57 Å². The van der Waals surface area contributed by atoms with Crippen LogP contribution in [-0.4, -0.2) is 35.8 Å². The van der Waals surface area contributed by atoms with Crippen LogP contribution in [-0.2, 0) is 4.74 Å². The number of ether oxygens (including phenoxy) is 1. The summed E-state index contributed by atoms with van der Waals surface area (Å²) in [6, 6.07) is 2.22. The van der Waals surface area contributed by atoms with Crippen LogP contribution >= 0.6 is 34.2 Å². The summed E-state index contributed by atoms with van der Waals surface area (Å²) < 4.78 is 6.48. The lowest BCUT2D eigenvalue weighted by Gasteiger charge is -2.46. The third kappa shape index (κ3) is 2.17. The van der Waals surface area contributed by atoms with E-state index in [0.29, 0.717) is 11.2 Å². The summed E-state index contributed by atoms with van der Waals surface area (Å²) in [6.45, 7) is 3.01. The van der Waals surface area contributed by atoms with Crippen LogP contribution in [0.25, 0.3) is 10.8 Å². The van der Waals surface area contributed by atoms with Crippen molar-refractivity contribution in [3.63, 3.8) is 0 Å². The van der Waals surface area contributed by atoms with E-state index in [1.54, 1.807) is 13.3 Å². The fraction of sp³-hybridized carbons (Fsp3) is 0.385. The summed E-state index contributed by atoms with van der Waals surface area (Å²) in [5.74, 6) is 0.959. The van der Waals surface area contributed by atoms with Gasteiger partial charge in [-0.15, -0.1) is 0 Å². The Morgan fingerprint density at radius 3 is 2.84 bits per heavy atom. The minimum atomic E-state index is 0.274. The first-order chi connectivity index (χ1) is 9.11. The molecule has 6 heteroatoms. The fourth-order valence-corrected chi connectivity index (χ4v) is 3.16. The highest BCUT2D eigenvalue weighted by Crippen LogP contribution is 2.34. The van der Waals surface area contributed by atoms with Gasteiger partial charge in [0.05, 0.1) is 12.1 Å². The molecule has 0 aromatic carbocycles. The molecule has 0 N–H and O–H groups in total. The van der Waals surface area contributed by atoms with E-state index in [0.717, 1.165) is 26.7 Å². The van der Waals surface area contributed by atoms with Gasteiger partial charge >= 0.3 is 0 Å². The summed E-state index contributed by atoms with van der Waals surface area (Å²) in [7, 11) is 1.75. The van der Waals surface area contributed by atoms with Crippen molar-refractivity contribution in [2.45, 2.75) is 19.1 Å². The van der Waals surface area contributed by atoms with E-state index in [1.807, 2.05) is 12.3 Å². The maximum atomic E-state index is 5.98. The Morgan fingerprint density at radius 1 is 1.37 bits per heavy atom. The van der Waals surface area contributed by atoms with E-state index in [-0.39, 0.29) is 6.10 Å². The number of hydrogen-bond acceptors (Lipinski definition) is 4. The number of halogens is 2. The first kappa shape index (κ1) is 13.3. The molecule has 0 bridgehead atoms. The summed E-state index contributed by atoms with van der Waals surface area (Å²) in [5, 5.41) is 2.64. The third-order valence-corrected chi connectivity index (χ3v) is 4.72. The molecular weight excluding hydrogens is 377 g/mol. The molecule has 1 fully saturated rings. The van der Waals surface area contributed by atoms with E-state index < -0.39 is 0 Å². The average molecular weight is 390 g/mol. The van der Waals surface area contributed by atoms with Gasteiger partial charge < -0.3 is 9.64 Å². The molecule has 0 spiro atoms. The normalized spacial score (nSPS) is 22.6. The van der Waals surface area contributed by atoms with Gasteiger partial charge in [-0.25, -0.2) is 9.97 Å². The van der Waals surface area contributed by atoms with E-state index in [1.165, 1.54) is 0 Å². The zero-order valence-corrected chi connectivity index (χ0v) is 13.5. The van der Waals surface area contributed by atoms with Gasteiger partial charge in [-0.3, -0.25) is 0 Å². The highest BCUT2D eigenvalue weighted by atomic mass is 127. The van der Waals surface area contributed by atoms with Crippen molar-refractivity contribution in [3.8, 4) is 0 Å². The predicted molar refractivity (Wildman–Crippen MR) is 84.9 cm³/mol. The second kappa shape index (κ2) is 5.03. The van der Waals surface area contributed by atoms with E-state index in [4.69, 9.17) is 16.3 Å². The molecule has 3 heterocycles. The second-order valence-corrected chi connectivity index (χ2v) is 6.20. The van der Waals surface area contributed by atoms with Crippen LogP contribution in [0.1, 0.15) is 6.92 Å². The molecule has 1 saturated heterocycles. The standard InChI is InChI=1S/C13H13ClIN3O/c1-7-11(19-2)6-18(7)13-9-4-16-12(14)3-8(9)10(15)5-17-13/h3-5,7,11H,6H2,1-2H3/t7-,11+/m1/s1. The van der Waals surface area contributed by atoms with Crippen molar-refractivity contribution >= 4 is 50.8 Å². The molecule has 2 atom stereocenters. The SMILES string of the molecule is CO[C@H]1CN(c2ncc(I)c3cc(Cl)ncc23)[C@@H]1C. The fourth-order valence-electron chi connectivity index (χ4n) is 2.42. The van der Waals surface area contributed by atoms with Crippen molar-refractivity contribution in [2.24, 2.45) is 0 Å². The molecule has 100 valence electrons. The number of hydrogen-bond donors (Lipinski definition) is 0. The quantitative estimate of drug-likeness (QED) is 0.584. The Bertz CT molecular complexity index is 637. The van der Waals surface area contributed by atoms with Crippen LogP contribution in [0.2, 0.25) is 5.15 Å². The van der Waals surface area contributed by atoms with Gasteiger partial charge in [-0.2, -0.15) is 0 Å². The van der Waals surface area contributed by atoms with Crippen molar-refractivity contribution in [1.29, 1.82) is 0 Å². The molecule has 2 aromatic rings. The highest BCUT2D eigenvalue weighted by Gasteiger charge is 2.37. The molecule has 19 heavy (non-hydrogen) atoms. The highest BCUT2D eigenvalue weighted by molar-refractivity contribution is 14.1. The molecule has 0 aliphatic carbocycles. The summed E-state index contributed by atoms with van der Waals surface area (Å²) in [4.78, 5) is 11.0. The van der Waals surface area contributed by atoms with Crippen molar-refractivity contribution in [1.82, 2.24) is 9.97 Å². The molecule has 2 aromatic heterocycles. The molecule has 0 unspecified atom stereocenters. The van der Waals surface area contributed by atoms with Gasteiger partial charge in [-0.05, 0) is 35.6 Å². The summed E-state index contributed by atoms with van der Waals surface area (Å²) in [5.41, 5.74) is 0. The lowest BCUT2D eigenvalue weighted by atomic mass is 10.0. The molecule has 3 rings (SSSR count). The first-order valence-electron chi connectivity index (χ1n) is 6.01. The molecule has 0 amide bonds. The Morgan fingerprint density at radius 2 is 2.16 bits per heavy atom. The lowest BCUT2D eigenvalue weighted by Crippen LogP contribution is -2.59. The van der Waals surface area contributed by atoms with E-state index in [2.05, 4.69) is 44.4 Å². The largest absolute Gasteiger partial charge is 0.377 e. The minimum Gasteiger partial charge on any atom is -0.377 e. The Balaban J connectivity index is 2.08. The number of aromatic nitrogens is 2. The second-order valence-electron chi connectivity index (χ2n) is 4.65. The van der Waals surface area contributed by atoms with Crippen molar-refractivity contribution < 1.29 is 4.74 Å². The van der Waals surface area contributed by atoms with Gasteiger partial charge in [-0.1, -0.05) is 11.6 Å². The Hall–Kier alpha value is -0.660. The molecule has 4 nitrogen and oxygen atoms in total. The van der Waals surface area contributed by atoms with Crippen molar-refractivity contribution in [2.75, 3.05) is 18.6 Å². The van der Waals surface area contributed by atoms with Crippen LogP contribution in [0.3, 0.4) is 0 Å². The minimum absolute atomic E-state index is 0.274. The molecule has 1 aliphatic rings. The zero-order chi connectivity index (χ0) is 13.6. The molecule has 1 aliphatic heterocycles. The zero-order valence-electron chi connectivity index (χ0n) is 10.6. The lowest BCUT2D eigenvalue weighted by molar-refractivity contribution is 0.0456.